The summed E-state index contributed by atoms with van der Waals surface area (Å²) in [7, 11) is 0. The summed E-state index contributed by atoms with van der Waals surface area (Å²) < 4.78 is 0. The lowest BCUT2D eigenvalue weighted by Crippen LogP contribution is -2.54. The van der Waals surface area contributed by atoms with Crippen LogP contribution in [0.5, 0.6) is 0 Å². The summed E-state index contributed by atoms with van der Waals surface area (Å²) in [5.41, 5.74) is 0.883. The first kappa shape index (κ1) is 19.4. The molecule has 1 heterocycles. The van der Waals surface area contributed by atoms with E-state index < -0.39 is 11.6 Å². The Morgan fingerprint density at radius 3 is 2.70 bits per heavy atom. The molecule has 1 aromatic rings. The Balaban J connectivity index is 1.71. The topological polar surface area (TPSA) is 78.5 Å². The van der Waals surface area contributed by atoms with Gasteiger partial charge in [0.1, 0.15) is 12.1 Å². The van der Waals surface area contributed by atoms with E-state index in [1.807, 2.05) is 25.1 Å². The van der Waals surface area contributed by atoms with E-state index in [4.69, 9.17) is 0 Å². The monoisotopic (exact) mass is 371 g/mol. The van der Waals surface area contributed by atoms with Gasteiger partial charge in [0, 0.05) is 5.69 Å². The van der Waals surface area contributed by atoms with Crippen LogP contribution in [0.1, 0.15) is 52.5 Å². The molecule has 0 bridgehead atoms. The Morgan fingerprint density at radius 2 is 2.04 bits per heavy atom. The van der Waals surface area contributed by atoms with Crippen molar-refractivity contribution in [2.75, 3.05) is 11.9 Å². The Labute approximate surface area is 160 Å². The van der Waals surface area contributed by atoms with Crippen LogP contribution in [0.2, 0.25) is 0 Å². The summed E-state index contributed by atoms with van der Waals surface area (Å²) in [5, 5.41) is 5.69. The fourth-order valence-corrected chi connectivity index (χ4v) is 4.86. The zero-order chi connectivity index (χ0) is 19.8. The van der Waals surface area contributed by atoms with Crippen molar-refractivity contribution in [2.24, 2.45) is 11.3 Å². The van der Waals surface area contributed by atoms with E-state index in [0.717, 1.165) is 23.3 Å². The zero-order valence-corrected chi connectivity index (χ0v) is 16.6. The first-order valence-corrected chi connectivity index (χ1v) is 9.67. The van der Waals surface area contributed by atoms with Crippen LogP contribution in [0.25, 0.3) is 0 Å². The third-order valence-corrected chi connectivity index (χ3v) is 5.54. The molecule has 0 radical (unpaired) electrons. The number of amides is 4. The van der Waals surface area contributed by atoms with E-state index in [2.05, 4.69) is 31.4 Å². The quantitative estimate of drug-likeness (QED) is 0.797. The highest BCUT2D eigenvalue weighted by molar-refractivity contribution is 6.10. The van der Waals surface area contributed by atoms with Crippen LogP contribution in [-0.2, 0) is 16.0 Å². The number of hydrogen-bond acceptors (Lipinski definition) is 3. The maximum atomic E-state index is 13.1. The van der Waals surface area contributed by atoms with Crippen molar-refractivity contribution in [3.63, 3.8) is 0 Å². The van der Waals surface area contributed by atoms with Gasteiger partial charge in [-0.05, 0) is 54.7 Å². The third-order valence-electron chi connectivity index (χ3n) is 5.54. The maximum absolute atomic E-state index is 13.1. The van der Waals surface area contributed by atoms with Crippen molar-refractivity contribution >= 4 is 23.5 Å². The van der Waals surface area contributed by atoms with E-state index in [1.54, 1.807) is 6.07 Å². The summed E-state index contributed by atoms with van der Waals surface area (Å²) >= 11 is 0. The zero-order valence-electron chi connectivity index (χ0n) is 16.6. The lowest BCUT2D eigenvalue weighted by molar-refractivity contribution is -0.136. The van der Waals surface area contributed by atoms with Gasteiger partial charge in [-0.3, -0.25) is 14.5 Å². The molecule has 27 heavy (non-hydrogen) atoms. The minimum absolute atomic E-state index is 0.0283. The molecule has 1 aliphatic heterocycles. The minimum atomic E-state index is -0.874. The van der Waals surface area contributed by atoms with Crippen molar-refractivity contribution in [2.45, 2.75) is 58.9 Å². The molecule has 6 heteroatoms. The van der Waals surface area contributed by atoms with Crippen molar-refractivity contribution < 1.29 is 14.4 Å². The van der Waals surface area contributed by atoms with Gasteiger partial charge in [0.05, 0.1) is 0 Å². The normalized spacial score (nSPS) is 27.0. The second-order valence-corrected chi connectivity index (χ2v) is 8.86. The third kappa shape index (κ3) is 3.99. The number of aryl methyl sites for hydroxylation is 1. The number of imide groups is 1. The molecule has 0 unspecified atom stereocenters. The van der Waals surface area contributed by atoms with Crippen molar-refractivity contribution in [1.82, 2.24) is 10.2 Å². The molecule has 6 nitrogen and oxygen atoms in total. The smallest absolute Gasteiger partial charge is 0.325 e. The second-order valence-electron chi connectivity index (χ2n) is 8.86. The van der Waals surface area contributed by atoms with Gasteiger partial charge in [-0.15, -0.1) is 0 Å². The highest BCUT2D eigenvalue weighted by atomic mass is 16.2. The number of carbonyl (C=O) groups excluding carboxylic acids is 3. The molecule has 1 spiro atoms. The largest absolute Gasteiger partial charge is 0.325 e. The van der Waals surface area contributed by atoms with Crippen molar-refractivity contribution in [1.29, 1.82) is 0 Å². The fraction of sp³-hybridized carbons (Fsp3) is 0.571. The molecular weight excluding hydrogens is 342 g/mol. The standard InChI is InChI=1S/C21H29N3O3/c1-5-15-7-6-8-16(9-15)22-17(25)12-24-18(26)21(23-19(24)27)11-14(2)10-20(3,4)13-21/h6-9,14H,5,10-13H2,1-4H3,(H,22,25)(H,23,27)/t14-,21-/m0/s1. The lowest BCUT2D eigenvalue weighted by Gasteiger charge is -2.43. The van der Waals surface area contributed by atoms with Crippen LogP contribution in [0.4, 0.5) is 10.5 Å². The van der Waals surface area contributed by atoms with E-state index >= 15 is 0 Å². The number of anilines is 1. The Bertz CT molecular complexity index is 774. The van der Waals surface area contributed by atoms with Crippen molar-refractivity contribution in [3.8, 4) is 0 Å². The molecule has 1 aromatic carbocycles. The second kappa shape index (κ2) is 6.98. The molecule has 3 rings (SSSR count). The number of nitrogens with one attached hydrogen (secondary N) is 2. The lowest BCUT2D eigenvalue weighted by atomic mass is 9.64. The fourth-order valence-electron chi connectivity index (χ4n) is 4.86. The number of nitrogens with zero attached hydrogens (tertiary/aromatic N) is 1. The first-order chi connectivity index (χ1) is 12.6. The Kier molecular flexibility index (Phi) is 5.02. The van der Waals surface area contributed by atoms with Gasteiger partial charge in [0.2, 0.25) is 5.91 Å². The van der Waals surface area contributed by atoms with E-state index in [9.17, 15) is 14.4 Å². The Morgan fingerprint density at radius 1 is 1.30 bits per heavy atom. The molecule has 2 atom stereocenters. The van der Waals surface area contributed by atoms with Crippen LogP contribution in [0.15, 0.2) is 24.3 Å². The van der Waals surface area contributed by atoms with Gasteiger partial charge in [0.25, 0.3) is 5.91 Å². The summed E-state index contributed by atoms with van der Waals surface area (Å²) in [6, 6.07) is 7.10. The molecule has 1 aliphatic carbocycles. The number of benzene rings is 1. The molecule has 146 valence electrons. The highest BCUT2D eigenvalue weighted by Gasteiger charge is 2.56. The number of carbonyl (C=O) groups is 3. The van der Waals surface area contributed by atoms with E-state index in [1.165, 1.54) is 0 Å². The van der Waals surface area contributed by atoms with Gasteiger partial charge >= 0.3 is 6.03 Å². The van der Waals surface area contributed by atoms with Gasteiger partial charge in [0.15, 0.2) is 0 Å². The van der Waals surface area contributed by atoms with Crippen LogP contribution in [0, 0.1) is 11.3 Å². The molecule has 0 aromatic heterocycles. The van der Waals surface area contributed by atoms with Crippen molar-refractivity contribution in [3.05, 3.63) is 29.8 Å². The van der Waals surface area contributed by atoms with Crippen LogP contribution in [0.3, 0.4) is 0 Å². The molecule has 2 aliphatic rings. The average molecular weight is 371 g/mol. The average Bonchev–Trinajstić information content (AvgIpc) is 2.76. The van der Waals surface area contributed by atoms with Gasteiger partial charge in [-0.2, -0.15) is 0 Å². The summed E-state index contributed by atoms with van der Waals surface area (Å²) in [6.07, 6.45) is 3.11. The number of urea groups is 1. The Hall–Kier alpha value is -2.37. The van der Waals surface area contributed by atoms with Gasteiger partial charge < -0.3 is 10.6 Å². The molecule has 2 fully saturated rings. The molecule has 1 saturated heterocycles. The summed E-state index contributed by atoms with van der Waals surface area (Å²) in [5.74, 6) is -0.305. The first-order valence-electron chi connectivity index (χ1n) is 9.67. The molecule has 2 N–H and O–H groups in total. The van der Waals surface area contributed by atoms with Gasteiger partial charge in [-0.1, -0.05) is 39.8 Å². The number of hydrogen-bond donors (Lipinski definition) is 2. The van der Waals surface area contributed by atoms with E-state index in [0.29, 0.717) is 24.4 Å². The molecule has 1 saturated carbocycles. The van der Waals surface area contributed by atoms with E-state index in [-0.39, 0.29) is 23.8 Å². The SMILES string of the molecule is CCc1cccc(NC(=O)CN2C(=O)N[C@]3(C[C@@H](C)CC(C)(C)C3)C2=O)c1. The molecule has 4 amide bonds. The summed E-state index contributed by atoms with van der Waals surface area (Å²) in [4.78, 5) is 39.1. The number of rotatable bonds is 4. The highest BCUT2D eigenvalue weighted by Crippen LogP contribution is 2.46. The van der Waals surface area contributed by atoms with Gasteiger partial charge in [-0.25, -0.2) is 4.79 Å². The summed E-state index contributed by atoms with van der Waals surface area (Å²) in [6.45, 7) is 8.13. The van der Waals surface area contributed by atoms with Crippen LogP contribution in [-0.4, -0.2) is 34.8 Å². The predicted octanol–water partition coefficient (Wildman–Crippen LogP) is 3.32. The maximum Gasteiger partial charge on any atom is 0.325 e. The minimum Gasteiger partial charge on any atom is -0.325 e. The van der Waals surface area contributed by atoms with Crippen LogP contribution >= 0.6 is 0 Å². The molecular formula is C21H29N3O3. The van der Waals surface area contributed by atoms with Crippen LogP contribution < -0.4 is 10.6 Å². The predicted molar refractivity (Wildman–Crippen MR) is 104 cm³/mol.